The summed E-state index contributed by atoms with van der Waals surface area (Å²) in [5, 5.41) is 3.97. The molecule has 2 heterocycles. The molecule has 0 N–H and O–H groups in total. The second-order valence-electron chi connectivity index (χ2n) is 2.95. The molecule has 0 radical (unpaired) electrons. The van der Waals surface area contributed by atoms with Gasteiger partial charge in [0.25, 0.3) is 0 Å². The van der Waals surface area contributed by atoms with E-state index in [0.29, 0.717) is 0 Å². The summed E-state index contributed by atoms with van der Waals surface area (Å²) in [6.07, 6.45) is 0. The Balaban J connectivity index is 1.89. The topological polar surface area (TPSA) is 0 Å². The Morgan fingerprint density at radius 1 is 0.611 bits per heavy atom. The third kappa shape index (κ3) is 4.25. The molecule has 0 nitrogen and oxygen atoms in total. The lowest BCUT2D eigenvalue weighted by molar-refractivity contribution is 1.94. The van der Waals surface area contributed by atoms with E-state index in [2.05, 4.69) is 47.4 Å². The average molecular weight is 262 g/mol. The second-order valence-corrected chi connectivity index (χ2v) is 4.85. The minimum absolute atomic E-state index is 1.01. The molecule has 2 heteroatoms. The molecule has 0 aliphatic heterocycles. The molecule has 2 aromatic rings. The smallest absolute Gasteiger partial charge is 0.0778 e. The van der Waals surface area contributed by atoms with Crippen molar-refractivity contribution < 1.29 is 0 Å². The molecular formula is C16H6S2. The van der Waals surface area contributed by atoms with E-state index >= 15 is 0 Å². The summed E-state index contributed by atoms with van der Waals surface area (Å²) in [5.41, 5.74) is 0. The van der Waals surface area contributed by atoms with Gasteiger partial charge in [-0.1, -0.05) is 12.1 Å². The predicted molar refractivity (Wildman–Crippen MR) is 77.9 cm³/mol. The highest BCUT2D eigenvalue weighted by atomic mass is 32.1. The Labute approximate surface area is 115 Å². The molecule has 0 spiro atoms. The molecule has 0 bridgehead atoms. The van der Waals surface area contributed by atoms with Gasteiger partial charge in [-0.15, -0.1) is 22.7 Å². The van der Waals surface area contributed by atoms with Gasteiger partial charge in [0.1, 0.15) is 0 Å². The van der Waals surface area contributed by atoms with E-state index in [1.807, 2.05) is 35.0 Å². The summed E-state index contributed by atoms with van der Waals surface area (Å²) in [7, 11) is 0. The Morgan fingerprint density at radius 2 is 1.06 bits per heavy atom. The van der Waals surface area contributed by atoms with Crippen LogP contribution in [-0.4, -0.2) is 0 Å². The van der Waals surface area contributed by atoms with Gasteiger partial charge in [0.05, 0.1) is 9.75 Å². The van der Waals surface area contributed by atoms with Crippen molar-refractivity contribution in [2.24, 2.45) is 0 Å². The van der Waals surface area contributed by atoms with Crippen LogP contribution in [-0.2, 0) is 0 Å². The second kappa shape index (κ2) is 7.06. The van der Waals surface area contributed by atoms with Crippen LogP contribution in [0.1, 0.15) is 9.75 Å². The predicted octanol–water partition coefficient (Wildman–Crippen LogP) is 3.22. The van der Waals surface area contributed by atoms with Crippen molar-refractivity contribution in [1.82, 2.24) is 0 Å². The van der Waals surface area contributed by atoms with E-state index in [-0.39, 0.29) is 0 Å². The molecule has 0 amide bonds. The number of hydrogen-bond acceptors (Lipinski definition) is 2. The Morgan fingerprint density at radius 3 is 1.44 bits per heavy atom. The maximum atomic E-state index is 2.93. The van der Waals surface area contributed by atoms with Crippen molar-refractivity contribution in [1.29, 1.82) is 0 Å². The average Bonchev–Trinajstić information content (AvgIpc) is 3.05. The highest BCUT2D eigenvalue weighted by molar-refractivity contribution is 7.10. The SMILES string of the molecule is C(C#CC#Cc1cccs1)#CC#Cc1cccs1. The van der Waals surface area contributed by atoms with Gasteiger partial charge >= 0.3 is 0 Å². The zero-order chi connectivity index (χ0) is 12.5. The van der Waals surface area contributed by atoms with Crippen molar-refractivity contribution in [3.8, 4) is 47.4 Å². The standard InChI is InChI=1S/C16H6S2/c1(3-5-9-15-11-7-13-17-15)2-4-6-10-16-12-8-14-18-16/h7-8,11-14H. The lowest BCUT2D eigenvalue weighted by Gasteiger charge is -1.70. The summed E-state index contributed by atoms with van der Waals surface area (Å²) >= 11 is 3.19. The van der Waals surface area contributed by atoms with E-state index < -0.39 is 0 Å². The summed E-state index contributed by atoms with van der Waals surface area (Å²) in [5.74, 6) is 22.0. The van der Waals surface area contributed by atoms with Gasteiger partial charge in [0, 0.05) is 0 Å². The Kier molecular flexibility index (Phi) is 4.75. The van der Waals surface area contributed by atoms with Gasteiger partial charge in [0.15, 0.2) is 0 Å². The third-order valence-electron chi connectivity index (χ3n) is 1.73. The van der Waals surface area contributed by atoms with Crippen molar-refractivity contribution in [3.63, 3.8) is 0 Å². The van der Waals surface area contributed by atoms with Crippen molar-refractivity contribution in [3.05, 3.63) is 44.8 Å². The van der Waals surface area contributed by atoms with Crippen LogP contribution < -0.4 is 0 Å². The Bertz CT molecular complexity index is 664. The maximum Gasteiger partial charge on any atom is 0.0778 e. The molecule has 0 aliphatic rings. The lowest BCUT2D eigenvalue weighted by Crippen LogP contribution is -1.59. The molecule has 82 valence electrons. The molecule has 0 unspecified atom stereocenters. The third-order valence-corrected chi connectivity index (χ3v) is 3.30. The molecule has 2 aromatic heterocycles. The van der Waals surface area contributed by atoms with Crippen LogP contribution in [0.3, 0.4) is 0 Å². The van der Waals surface area contributed by atoms with Crippen LogP contribution in [0.5, 0.6) is 0 Å². The summed E-state index contributed by atoms with van der Waals surface area (Å²) in [6.45, 7) is 0. The highest BCUT2D eigenvalue weighted by Crippen LogP contribution is 2.05. The van der Waals surface area contributed by atoms with Crippen LogP contribution in [0.2, 0.25) is 0 Å². The maximum absolute atomic E-state index is 2.93. The highest BCUT2D eigenvalue weighted by Gasteiger charge is 1.82. The molecular weight excluding hydrogens is 256 g/mol. The first kappa shape index (κ1) is 12.1. The van der Waals surface area contributed by atoms with Gasteiger partial charge in [-0.2, -0.15) is 0 Å². The molecule has 18 heavy (non-hydrogen) atoms. The first-order valence-electron chi connectivity index (χ1n) is 5.04. The normalized spacial score (nSPS) is 7.33. The molecule has 0 aromatic carbocycles. The van der Waals surface area contributed by atoms with Crippen LogP contribution in [0.15, 0.2) is 35.0 Å². The summed E-state index contributed by atoms with van der Waals surface area (Å²) in [4.78, 5) is 2.02. The quantitative estimate of drug-likeness (QED) is 0.640. The van der Waals surface area contributed by atoms with Crippen LogP contribution in [0, 0.1) is 47.4 Å². The van der Waals surface area contributed by atoms with E-state index in [0.717, 1.165) is 9.75 Å². The monoisotopic (exact) mass is 262 g/mol. The van der Waals surface area contributed by atoms with Crippen LogP contribution >= 0.6 is 22.7 Å². The minimum atomic E-state index is 1.01. The lowest BCUT2D eigenvalue weighted by atomic mass is 10.4. The van der Waals surface area contributed by atoms with Crippen LogP contribution in [0.25, 0.3) is 0 Å². The minimum Gasteiger partial charge on any atom is -0.135 e. The molecule has 0 saturated heterocycles. The summed E-state index contributed by atoms with van der Waals surface area (Å²) < 4.78 is 0. The molecule has 0 aliphatic carbocycles. The van der Waals surface area contributed by atoms with Crippen LogP contribution in [0.4, 0.5) is 0 Å². The van der Waals surface area contributed by atoms with Gasteiger partial charge in [0.2, 0.25) is 0 Å². The molecule has 2 rings (SSSR count). The zero-order valence-electron chi connectivity index (χ0n) is 9.28. The first-order chi connectivity index (χ1) is 8.95. The first-order valence-corrected chi connectivity index (χ1v) is 6.80. The van der Waals surface area contributed by atoms with Crippen molar-refractivity contribution >= 4 is 22.7 Å². The van der Waals surface area contributed by atoms with Crippen molar-refractivity contribution in [2.45, 2.75) is 0 Å². The number of thiophene rings is 2. The van der Waals surface area contributed by atoms with E-state index in [4.69, 9.17) is 0 Å². The van der Waals surface area contributed by atoms with Gasteiger partial charge < -0.3 is 0 Å². The van der Waals surface area contributed by atoms with Gasteiger partial charge in [-0.05, 0) is 70.3 Å². The van der Waals surface area contributed by atoms with Gasteiger partial charge in [-0.3, -0.25) is 0 Å². The molecule has 0 saturated carbocycles. The van der Waals surface area contributed by atoms with Crippen molar-refractivity contribution in [2.75, 3.05) is 0 Å². The van der Waals surface area contributed by atoms with E-state index in [1.54, 1.807) is 22.7 Å². The van der Waals surface area contributed by atoms with Gasteiger partial charge in [-0.25, -0.2) is 0 Å². The Hall–Kier alpha value is -2.36. The largest absolute Gasteiger partial charge is 0.135 e. The fourth-order valence-electron chi connectivity index (χ4n) is 1.01. The van der Waals surface area contributed by atoms with E-state index in [9.17, 15) is 0 Å². The summed E-state index contributed by atoms with van der Waals surface area (Å²) in [6, 6.07) is 7.83. The number of hydrogen-bond donors (Lipinski definition) is 0. The number of rotatable bonds is 0. The molecule has 0 fully saturated rings. The fourth-order valence-corrected chi connectivity index (χ4v) is 2.15. The fraction of sp³-hybridized carbons (Fsp3) is 0. The zero-order valence-corrected chi connectivity index (χ0v) is 10.9. The van der Waals surface area contributed by atoms with E-state index in [1.165, 1.54) is 0 Å². The molecule has 0 atom stereocenters.